The molecule has 0 aliphatic heterocycles. The van der Waals surface area contributed by atoms with Gasteiger partial charge in [-0.25, -0.2) is 0 Å². The highest BCUT2D eigenvalue weighted by atomic mass is 16.3. The number of hydrogen-bond acceptors (Lipinski definition) is 3. The molecule has 70 valence electrons. The molecule has 0 saturated heterocycles. The van der Waals surface area contributed by atoms with E-state index < -0.39 is 0 Å². The van der Waals surface area contributed by atoms with Gasteiger partial charge in [-0.2, -0.15) is 0 Å². The number of primary amides is 1. The van der Waals surface area contributed by atoms with Gasteiger partial charge >= 0.3 is 0 Å². The fraction of sp³-hybridized carbons (Fsp3) is 0.875. The molecule has 0 heterocycles. The van der Waals surface area contributed by atoms with Crippen molar-refractivity contribution in [1.82, 2.24) is 5.32 Å². The maximum atomic E-state index is 10.5. The third-order valence-electron chi connectivity index (χ3n) is 2.50. The Morgan fingerprint density at radius 1 is 1.50 bits per heavy atom. The van der Waals surface area contributed by atoms with Crippen molar-refractivity contribution >= 4 is 5.91 Å². The molecule has 0 radical (unpaired) electrons. The second-order valence-electron chi connectivity index (χ2n) is 3.47. The van der Waals surface area contributed by atoms with Crippen LogP contribution >= 0.6 is 0 Å². The van der Waals surface area contributed by atoms with E-state index in [0.717, 1.165) is 25.7 Å². The molecule has 1 fully saturated rings. The van der Waals surface area contributed by atoms with Crippen LogP contribution in [0.5, 0.6) is 0 Å². The van der Waals surface area contributed by atoms with E-state index in [4.69, 9.17) is 10.8 Å². The van der Waals surface area contributed by atoms with E-state index in [1.54, 1.807) is 0 Å². The highest BCUT2D eigenvalue weighted by Gasteiger charge is 2.32. The SMILES string of the molecule is NC(=O)CNC1(CO)CCCC1. The van der Waals surface area contributed by atoms with Gasteiger partial charge in [0.25, 0.3) is 0 Å². The molecule has 4 nitrogen and oxygen atoms in total. The summed E-state index contributed by atoms with van der Waals surface area (Å²) >= 11 is 0. The number of carbonyl (C=O) groups is 1. The summed E-state index contributed by atoms with van der Waals surface area (Å²) in [4.78, 5) is 10.5. The first-order valence-corrected chi connectivity index (χ1v) is 4.33. The number of hydrogen-bond donors (Lipinski definition) is 3. The van der Waals surface area contributed by atoms with Gasteiger partial charge in [0.05, 0.1) is 13.2 Å². The van der Waals surface area contributed by atoms with E-state index in [9.17, 15) is 4.79 Å². The fourth-order valence-corrected chi connectivity index (χ4v) is 1.72. The number of amides is 1. The second kappa shape index (κ2) is 3.87. The molecule has 4 heteroatoms. The first-order valence-electron chi connectivity index (χ1n) is 4.33. The lowest BCUT2D eigenvalue weighted by molar-refractivity contribution is -0.117. The highest BCUT2D eigenvalue weighted by molar-refractivity contribution is 5.76. The maximum absolute atomic E-state index is 10.5. The Morgan fingerprint density at radius 3 is 2.50 bits per heavy atom. The van der Waals surface area contributed by atoms with Gasteiger partial charge in [0, 0.05) is 5.54 Å². The fourth-order valence-electron chi connectivity index (χ4n) is 1.72. The number of aliphatic hydroxyl groups is 1. The average Bonchev–Trinajstić information content (AvgIpc) is 2.50. The zero-order valence-corrected chi connectivity index (χ0v) is 7.18. The van der Waals surface area contributed by atoms with Crippen molar-refractivity contribution in [2.75, 3.05) is 13.2 Å². The predicted molar refractivity (Wildman–Crippen MR) is 45.5 cm³/mol. The van der Waals surface area contributed by atoms with Crippen LogP contribution in [0.1, 0.15) is 25.7 Å². The first-order chi connectivity index (χ1) is 5.68. The number of rotatable bonds is 4. The minimum absolute atomic E-state index is 0.0975. The number of nitrogens with two attached hydrogens (primary N) is 1. The van der Waals surface area contributed by atoms with Crippen molar-refractivity contribution in [2.45, 2.75) is 31.2 Å². The Kier molecular flexibility index (Phi) is 3.05. The minimum atomic E-state index is -0.366. The second-order valence-corrected chi connectivity index (χ2v) is 3.47. The van der Waals surface area contributed by atoms with Gasteiger partial charge in [-0.05, 0) is 12.8 Å². The minimum Gasteiger partial charge on any atom is -0.394 e. The largest absolute Gasteiger partial charge is 0.394 e. The van der Waals surface area contributed by atoms with Crippen LogP contribution < -0.4 is 11.1 Å². The van der Waals surface area contributed by atoms with Gasteiger partial charge in [0.15, 0.2) is 0 Å². The molecule has 1 rings (SSSR count). The summed E-state index contributed by atoms with van der Waals surface area (Å²) in [5.74, 6) is -0.366. The summed E-state index contributed by atoms with van der Waals surface area (Å²) < 4.78 is 0. The Balaban J connectivity index is 2.39. The van der Waals surface area contributed by atoms with Crippen molar-refractivity contribution in [3.63, 3.8) is 0 Å². The van der Waals surface area contributed by atoms with E-state index in [1.165, 1.54) is 0 Å². The van der Waals surface area contributed by atoms with Crippen LogP contribution in [0.4, 0.5) is 0 Å². The number of aliphatic hydroxyl groups excluding tert-OH is 1. The molecule has 0 aromatic carbocycles. The van der Waals surface area contributed by atoms with E-state index in [0.29, 0.717) is 0 Å². The zero-order valence-electron chi connectivity index (χ0n) is 7.18. The highest BCUT2D eigenvalue weighted by Crippen LogP contribution is 2.28. The predicted octanol–water partition coefficient (Wildman–Crippen LogP) is -0.634. The van der Waals surface area contributed by atoms with Crippen LogP contribution in [0.3, 0.4) is 0 Å². The molecule has 4 N–H and O–H groups in total. The molecule has 0 aromatic heterocycles. The summed E-state index contributed by atoms with van der Waals surface area (Å²) in [6.07, 6.45) is 4.12. The quantitative estimate of drug-likeness (QED) is 0.528. The molecular weight excluding hydrogens is 156 g/mol. The summed E-state index contributed by atoms with van der Waals surface area (Å²) in [6, 6.07) is 0. The molecule has 0 unspecified atom stereocenters. The number of nitrogens with one attached hydrogen (secondary N) is 1. The van der Waals surface area contributed by atoms with Crippen molar-refractivity contribution in [3.05, 3.63) is 0 Å². The van der Waals surface area contributed by atoms with Crippen LogP contribution in [-0.2, 0) is 4.79 Å². The number of carbonyl (C=O) groups excluding carboxylic acids is 1. The topological polar surface area (TPSA) is 75.4 Å². The molecule has 1 aliphatic rings. The van der Waals surface area contributed by atoms with Gasteiger partial charge < -0.3 is 16.2 Å². The summed E-state index contributed by atoms with van der Waals surface area (Å²) in [7, 11) is 0. The van der Waals surface area contributed by atoms with Gasteiger partial charge in [0.2, 0.25) is 5.91 Å². The van der Waals surface area contributed by atoms with Crippen LogP contribution in [0.2, 0.25) is 0 Å². The maximum Gasteiger partial charge on any atom is 0.231 e. The summed E-state index contributed by atoms with van der Waals surface area (Å²) in [6.45, 7) is 0.265. The summed E-state index contributed by atoms with van der Waals surface area (Å²) in [5, 5.41) is 12.1. The lowest BCUT2D eigenvalue weighted by Crippen LogP contribution is -2.49. The third-order valence-corrected chi connectivity index (χ3v) is 2.50. The molecular formula is C8H16N2O2. The monoisotopic (exact) mass is 172 g/mol. The van der Waals surface area contributed by atoms with Crippen LogP contribution in [0, 0.1) is 0 Å². The molecule has 0 bridgehead atoms. The Labute approximate surface area is 72.1 Å². The van der Waals surface area contributed by atoms with Crippen molar-refractivity contribution in [2.24, 2.45) is 5.73 Å². The molecule has 0 aromatic rings. The van der Waals surface area contributed by atoms with Crippen molar-refractivity contribution in [1.29, 1.82) is 0 Å². The standard InChI is InChI=1S/C8H16N2O2/c9-7(12)5-10-8(6-11)3-1-2-4-8/h10-11H,1-6H2,(H2,9,12). The van der Waals surface area contributed by atoms with Crippen LogP contribution in [0.15, 0.2) is 0 Å². The van der Waals surface area contributed by atoms with Crippen LogP contribution in [0.25, 0.3) is 0 Å². The van der Waals surface area contributed by atoms with Crippen LogP contribution in [-0.4, -0.2) is 29.7 Å². The smallest absolute Gasteiger partial charge is 0.231 e. The van der Waals surface area contributed by atoms with Gasteiger partial charge in [-0.1, -0.05) is 12.8 Å². The van der Waals surface area contributed by atoms with Gasteiger partial charge in [-0.15, -0.1) is 0 Å². The van der Waals surface area contributed by atoms with E-state index in [1.807, 2.05) is 0 Å². The van der Waals surface area contributed by atoms with E-state index >= 15 is 0 Å². The molecule has 1 amide bonds. The molecule has 0 atom stereocenters. The molecule has 1 aliphatic carbocycles. The Morgan fingerprint density at radius 2 is 2.08 bits per heavy atom. The van der Waals surface area contributed by atoms with Gasteiger partial charge in [-0.3, -0.25) is 4.79 Å². The van der Waals surface area contributed by atoms with Gasteiger partial charge in [0.1, 0.15) is 0 Å². The van der Waals surface area contributed by atoms with E-state index in [2.05, 4.69) is 5.32 Å². The molecule has 0 spiro atoms. The summed E-state index contributed by atoms with van der Waals surface area (Å²) in [5.41, 5.74) is 4.77. The first kappa shape index (κ1) is 9.48. The average molecular weight is 172 g/mol. The zero-order chi connectivity index (χ0) is 9.03. The lowest BCUT2D eigenvalue weighted by Gasteiger charge is -2.27. The molecule has 1 saturated carbocycles. The lowest BCUT2D eigenvalue weighted by atomic mass is 9.99. The van der Waals surface area contributed by atoms with Crippen molar-refractivity contribution in [3.8, 4) is 0 Å². The Hall–Kier alpha value is -0.610. The van der Waals surface area contributed by atoms with E-state index in [-0.39, 0.29) is 24.6 Å². The Bertz CT molecular complexity index is 164. The normalized spacial score (nSPS) is 21.1. The van der Waals surface area contributed by atoms with Crippen molar-refractivity contribution < 1.29 is 9.90 Å². The third kappa shape index (κ3) is 2.19. The molecule has 12 heavy (non-hydrogen) atoms.